The number of aryl methyl sites for hydroxylation is 1. The number of rotatable bonds is 6. The molecule has 0 aromatic heterocycles. The zero-order chi connectivity index (χ0) is 20.1. The number of carbonyl (C=O) groups is 2. The maximum atomic E-state index is 12.4. The van der Waals surface area contributed by atoms with E-state index in [0.717, 1.165) is 17.7 Å². The minimum absolute atomic E-state index is 0.0300. The van der Waals surface area contributed by atoms with Gasteiger partial charge in [-0.15, -0.1) is 0 Å². The van der Waals surface area contributed by atoms with Crippen LogP contribution in [0.3, 0.4) is 0 Å². The summed E-state index contributed by atoms with van der Waals surface area (Å²) in [5.41, 5.74) is 6.82. The molecule has 1 aliphatic heterocycles. The Bertz CT molecular complexity index is 854. The molecular weight excluding hydrogens is 350 g/mol. The lowest BCUT2D eigenvalue weighted by molar-refractivity contribution is -0.126. The van der Waals surface area contributed by atoms with Gasteiger partial charge in [-0.3, -0.25) is 9.59 Å². The highest BCUT2D eigenvalue weighted by Crippen LogP contribution is 2.25. The Morgan fingerprint density at radius 3 is 2.46 bits per heavy atom. The predicted octanol–water partition coefficient (Wildman–Crippen LogP) is 3.88. The van der Waals surface area contributed by atoms with Crippen molar-refractivity contribution in [2.24, 2.45) is 11.0 Å². The Morgan fingerprint density at radius 2 is 1.86 bits per heavy atom. The number of carbonyl (C=O) groups excluding carboxylic acids is 2. The fraction of sp³-hybridized carbons (Fsp3) is 0.348. The van der Waals surface area contributed by atoms with Crippen LogP contribution in [-0.2, 0) is 16.0 Å². The fourth-order valence-corrected chi connectivity index (χ4v) is 3.27. The maximum absolute atomic E-state index is 12.4. The van der Waals surface area contributed by atoms with Gasteiger partial charge in [0.15, 0.2) is 0 Å². The van der Waals surface area contributed by atoms with Crippen LogP contribution in [0.15, 0.2) is 53.6 Å². The molecule has 28 heavy (non-hydrogen) atoms. The van der Waals surface area contributed by atoms with Gasteiger partial charge in [-0.2, -0.15) is 5.10 Å². The normalized spacial score (nSPS) is 16.9. The summed E-state index contributed by atoms with van der Waals surface area (Å²) in [5.74, 6) is -0.167. The SMILES string of the molecule is CCc1ccc(N2C[C@H](C(=O)N/N=C/c3ccc(C(C)C)cc3)CC2=O)cc1. The van der Waals surface area contributed by atoms with Gasteiger partial charge in [-0.1, -0.05) is 57.2 Å². The van der Waals surface area contributed by atoms with Crippen LogP contribution in [-0.4, -0.2) is 24.6 Å². The maximum Gasteiger partial charge on any atom is 0.245 e. The molecule has 1 fully saturated rings. The molecule has 1 saturated heterocycles. The summed E-state index contributed by atoms with van der Waals surface area (Å²) in [7, 11) is 0. The Hall–Kier alpha value is -2.95. The van der Waals surface area contributed by atoms with Gasteiger partial charge < -0.3 is 4.90 Å². The highest BCUT2D eigenvalue weighted by molar-refractivity contribution is 6.00. The lowest BCUT2D eigenvalue weighted by Gasteiger charge is -2.16. The van der Waals surface area contributed by atoms with E-state index in [-0.39, 0.29) is 24.2 Å². The lowest BCUT2D eigenvalue weighted by Crippen LogP contribution is -2.30. The molecule has 5 heteroatoms. The summed E-state index contributed by atoms with van der Waals surface area (Å²) in [6, 6.07) is 16.0. The molecule has 2 aromatic rings. The quantitative estimate of drug-likeness (QED) is 0.613. The molecule has 0 aliphatic carbocycles. The summed E-state index contributed by atoms with van der Waals surface area (Å²) in [5, 5.41) is 4.05. The number of anilines is 1. The Morgan fingerprint density at radius 1 is 1.18 bits per heavy atom. The van der Waals surface area contributed by atoms with Crippen molar-refractivity contribution in [3.8, 4) is 0 Å². The number of hydrazone groups is 1. The molecule has 3 rings (SSSR count). The Kier molecular flexibility index (Phi) is 6.24. The van der Waals surface area contributed by atoms with Gasteiger partial charge in [0.2, 0.25) is 11.8 Å². The molecule has 146 valence electrons. The van der Waals surface area contributed by atoms with Crippen LogP contribution in [0.1, 0.15) is 49.8 Å². The third-order valence-electron chi connectivity index (χ3n) is 5.14. The fourth-order valence-electron chi connectivity index (χ4n) is 3.27. The van der Waals surface area contributed by atoms with Crippen molar-refractivity contribution in [3.63, 3.8) is 0 Å². The van der Waals surface area contributed by atoms with Crippen LogP contribution < -0.4 is 10.3 Å². The van der Waals surface area contributed by atoms with Crippen molar-refractivity contribution in [1.82, 2.24) is 5.43 Å². The second-order valence-electron chi connectivity index (χ2n) is 7.48. The van der Waals surface area contributed by atoms with Crippen molar-refractivity contribution in [1.29, 1.82) is 0 Å². The van der Waals surface area contributed by atoms with Gasteiger partial charge in [0.05, 0.1) is 12.1 Å². The second kappa shape index (κ2) is 8.83. The van der Waals surface area contributed by atoms with Crippen LogP contribution in [0.2, 0.25) is 0 Å². The van der Waals surface area contributed by atoms with E-state index in [0.29, 0.717) is 12.5 Å². The molecule has 1 heterocycles. The van der Waals surface area contributed by atoms with E-state index in [9.17, 15) is 9.59 Å². The molecule has 5 nitrogen and oxygen atoms in total. The molecular formula is C23H27N3O2. The molecule has 1 atom stereocenters. The number of hydrogen-bond acceptors (Lipinski definition) is 3. The monoisotopic (exact) mass is 377 g/mol. The zero-order valence-electron chi connectivity index (χ0n) is 16.7. The summed E-state index contributed by atoms with van der Waals surface area (Å²) >= 11 is 0. The Balaban J connectivity index is 1.56. The lowest BCUT2D eigenvalue weighted by atomic mass is 10.0. The van der Waals surface area contributed by atoms with E-state index in [1.165, 1.54) is 11.1 Å². The molecule has 0 radical (unpaired) electrons. The number of nitrogens with zero attached hydrogens (tertiary/aromatic N) is 2. The first kappa shape index (κ1) is 19.8. The van der Waals surface area contributed by atoms with Gasteiger partial charge in [0.25, 0.3) is 0 Å². The molecule has 0 saturated carbocycles. The average molecular weight is 377 g/mol. The molecule has 0 bridgehead atoms. The van der Waals surface area contributed by atoms with Crippen LogP contribution >= 0.6 is 0 Å². The largest absolute Gasteiger partial charge is 0.312 e. The van der Waals surface area contributed by atoms with Crippen LogP contribution in [0, 0.1) is 5.92 Å². The summed E-state index contributed by atoms with van der Waals surface area (Å²) in [4.78, 5) is 26.4. The molecule has 0 unspecified atom stereocenters. The molecule has 1 N–H and O–H groups in total. The van der Waals surface area contributed by atoms with Crippen molar-refractivity contribution in [2.75, 3.05) is 11.4 Å². The van der Waals surface area contributed by atoms with Crippen molar-refractivity contribution in [2.45, 2.75) is 39.5 Å². The van der Waals surface area contributed by atoms with Crippen LogP contribution in [0.5, 0.6) is 0 Å². The van der Waals surface area contributed by atoms with E-state index in [2.05, 4.69) is 43.4 Å². The minimum atomic E-state index is -0.390. The number of nitrogens with one attached hydrogen (secondary N) is 1. The number of amides is 2. The van der Waals surface area contributed by atoms with Crippen LogP contribution in [0.4, 0.5) is 5.69 Å². The summed E-state index contributed by atoms with van der Waals surface area (Å²) in [6.45, 7) is 6.77. The molecule has 1 aliphatic rings. The van der Waals surface area contributed by atoms with Crippen molar-refractivity contribution >= 4 is 23.7 Å². The van der Waals surface area contributed by atoms with Crippen LogP contribution in [0.25, 0.3) is 0 Å². The average Bonchev–Trinajstić information content (AvgIpc) is 3.10. The van der Waals surface area contributed by atoms with Gasteiger partial charge in [0, 0.05) is 18.7 Å². The topological polar surface area (TPSA) is 61.8 Å². The zero-order valence-corrected chi connectivity index (χ0v) is 16.7. The second-order valence-corrected chi connectivity index (χ2v) is 7.48. The highest BCUT2D eigenvalue weighted by atomic mass is 16.2. The number of benzene rings is 2. The van der Waals surface area contributed by atoms with E-state index in [1.807, 2.05) is 36.4 Å². The first-order valence-electron chi connectivity index (χ1n) is 9.80. The predicted molar refractivity (Wildman–Crippen MR) is 113 cm³/mol. The van der Waals surface area contributed by atoms with E-state index in [4.69, 9.17) is 0 Å². The third-order valence-corrected chi connectivity index (χ3v) is 5.14. The molecule has 0 spiro atoms. The molecule has 2 aromatic carbocycles. The first-order valence-corrected chi connectivity index (χ1v) is 9.80. The third kappa shape index (κ3) is 4.66. The van der Waals surface area contributed by atoms with E-state index >= 15 is 0 Å². The molecule has 2 amide bonds. The van der Waals surface area contributed by atoms with Gasteiger partial charge in [-0.05, 0) is 41.2 Å². The minimum Gasteiger partial charge on any atom is -0.312 e. The standard InChI is InChI=1S/C23H27N3O2/c1-4-17-7-11-21(12-8-17)26-15-20(13-22(26)27)23(28)25-24-14-18-5-9-19(10-6-18)16(2)3/h5-12,14,16,20H,4,13,15H2,1-3H3,(H,25,28)/b24-14+/t20-/m1/s1. The highest BCUT2D eigenvalue weighted by Gasteiger charge is 2.35. The van der Waals surface area contributed by atoms with Crippen molar-refractivity contribution in [3.05, 3.63) is 65.2 Å². The number of hydrogen-bond donors (Lipinski definition) is 1. The first-order chi connectivity index (χ1) is 13.5. The van der Waals surface area contributed by atoms with Crippen molar-refractivity contribution < 1.29 is 9.59 Å². The summed E-state index contributed by atoms with van der Waals surface area (Å²) < 4.78 is 0. The summed E-state index contributed by atoms with van der Waals surface area (Å²) in [6.07, 6.45) is 2.79. The van der Waals surface area contributed by atoms with E-state index in [1.54, 1.807) is 11.1 Å². The van der Waals surface area contributed by atoms with E-state index < -0.39 is 0 Å². The van der Waals surface area contributed by atoms with Gasteiger partial charge in [-0.25, -0.2) is 5.43 Å². The Labute approximate surface area is 166 Å². The smallest absolute Gasteiger partial charge is 0.245 e. The van der Waals surface area contributed by atoms with Gasteiger partial charge >= 0.3 is 0 Å². The van der Waals surface area contributed by atoms with Gasteiger partial charge in [0.1, 0.15) is 0 Å².